The molecule has 26 heavy (non-hydrogen) atoms. The number of hydrogen-bond donors (Lipinski definition) is 1. The molecular formula is C20H23NO5. The third kappa shape index (κ3) is 3.80. The third-order valence-corrected chi connectivity index (χ3v) is 4.48. The van der Waals surface area contributed by atoms with Gasteiger partial charge >= 0.3 is 5.97 Å². The van der Waals surface area contributed by atoms with Gasteiger partial charge in [0.1, 0.15) is 5.76 Å². The predicted molar refractivity (Wildman–Crippen MR) is 96.1 cm³/mol. The van der Waals surface area contributed by atoms with Gasteiger partial charge in [0.2, 0.25) is 0 Å². The van der Waals surface area contributed by atoms with E-state index in [1.807, 2.05) is 12.1 Å². The minimum Gasteiger partial charge on any atom is -0.479 e. The number of morpholine rings is 1. The van der Waals surface area contributed by atoms with Crippen LogP contribution in [0.1, 0.15) is 42.8 Å². The van der Waals surface area contributed by atoms with E-state index in [1.165, 1.54) is 10.5 Å². The smallest absolute Gasteiger partial charge is 0.334 e. The molecule has 0 aliphatic carbocycles. The second kappa shape index (κ2) is 7.33. The largest absolute Gasteiger partial charge is 0.479 e. The molecule has 3 rings (SSSR count). The minimum atomic E-state index is -1.07. The molecule has 1 amide bonds. The first-order chi connectivity index (χ1) is 12.3. The van der Waals surface area contributed by atoms with E-state index in [9.17, 15) is 9.59 Å². The summed E-state index contributed by atoms with van der Waals surface area (Å²) in [4.78, 5) is 25.4. The molecule has 2 heterocycles. The molecule has 1 fully saturated rings. The van der Waals surface area contributed by atoms with Gasteiger partial charge in [-0.05, 0) is 36.6 Å². The van der Waals surface area contributed by atoms with Gasteiger partial charge in [-0.3, -0.25) is 4.79 Å². The van der Waals surface area contributed by atoms with Crippen molar-refractivity contribution in [1.82, 2.24) is 4.90 Å². The van der Waals surface area contributed by atoms with Crippen LogP contribution in [0.3, 0.4) is 0 Å². The first-order valence-electron chi connectivity index (χ1n) is 8.73. The van der Waals surface area contributed by atoms with E-state index in [2.05, 4.69) is 26.0 Å². The zero-order valence-electron chi connectivity index (χ0n) is 15.1. The normalized spacial score (nSPS) is 20.4. The molecule has 1 aromatic heterocycles. The van der Waals surface area contributed by atoms with Crippen LogP contribution in [0, 0.1) is 0 Å². The Morgan fingerprint density at radius 2 is 1.96 bits per heavy atom. The summed E-state index contributed by atoms with van der Waals surface area (Å²) in [5.74, 6) is -0.174. The van der Waals surface area contributed by atoms with Crippen LogP contribution in [0.4, 0.5) is 0 Å². The molecule has 2 aromatic rings. The quantitative estimate of drug-likeness (QED) is 0.907. The summed E-state index contributed by atoms with van der Waals surface area (Å²) in [5, 5.41) is 9.16. The molecule has 0 spiro atoms. The highest BCUT2D eigenvalue weighted by molar-refractivity contribution is 5.92. The first kappa shape index (κ1) is 18.2. The SMILES string of the molecule is CC(C)c1cccc(-c2ccc(C(=O)N3CC(C(=O)O)O[C@H](C)C3)o2)c1. The van der Waals surface area contributed by atoms with Crippen LogP contribution in [0.15, 0.2) is 40.8 Å². The van der Waals surface area contributed by atoms with E-state index in [0.29, 0.717) is 18.2 Å². The fourth-order valence-electron chi connectivity index (χ4n) is 3.07. The molecule has 1 saturated heterocycles. The van der Waals surface area contributed by atoms with E-state index in [1.54, 1.807) is 19.1 Å². The number of carbonyl (C=O) groups is 2. The van der Waals surface area contributed by atoms with E-state index in [4.69, 9.17) is 14.3 Å². The van der Waals surface area contributed by atoms with Crippen LogP contribution in [-0.4, -0.2) is 47.2 Å². The van der Waals surface area contributed by atoms with E-state index >= 15 is 0 Å². The van der Waals surface area contributed by atoms with E-state index < -0.39 is 12.1 Å². The van der Waals surface area contributed by atoms with E-state index in [0.717, 1.165) is 5.56 Å². The predicted octanol–water partition coefficient (Wildman–Crippen LogP) is 3.38. The lowest BCUT2D eigenvalue weighted by Crippen LogP contribution is -2.51. The average molecular weight is 357 g/mol. The monoisotopic (exact) mass is 357 g/mol. The maximum Gasteiger partial charge on any atom is 0.334 e. The molecule has 2 atom stereocenters. The summed E-state index contributed by atoms with van der Waals surface area (Å²) in [6.07, 6.45) is -1.36. The van der Waals surface area contributed by atoms with Crippen LogP contribution in [0.2, 0.25) is 0 Å². The molecule has 1 N–H and O–H groups in total. The Hall–Kier alpha value is -2.60. The molecule has 1 unspecified atom stereocenters. The van der Waals surface area contributed by atoms with Crippen molar-refractivity contribution in [3.63, 3.8) is 0 Å². The number of carboxylic acid groups (broad SMARTS) is 1. The van der Waals surface area contributed by atoms with Crippen molar-refractivity contribution < 1.29 is 23.8 Å². The fourth-order valence-corrected chi connectivity index (χ4v) is 3.07. The molecule has 1 aliphatic heterocycles. The Morgan fingerprint density at radius 1 is 1.19 bits per heavy atom. The van der Waals surface area contributed by atoms with Gasteiger partial charge in [-0.2, -0.15) is 0 Å². The molecule has 0 radical (unpaired) electrons. The molecule has 6 heteroatoms. The molecule has 0 bridgehead atoms. The van der Waals surface area contributed by atoms with Crippen LogP contribution in [-0.2, 0) is 9.53 Å². The maximum absolute atomic E-state index is 12.7. The van der Waals surface area contributed by atoms with Crippen LogP contribution in [0.5, 0.6) is 0 Å². The molecule has 6 nitrogen and oxygen atoms in total. The highest BCUT2D eigenvalue weighted by Gasteiger charge is 2.34. The van der Waals surface area contributed by atoms with Gasteiger partial charge in [-0.25, -0.2) is 4.79 Å². The highest BCUT2D eigenvalue weighted by Crippen LogP contribution is 2.26. The number of rotatable bonds is 4. The number of nitrogens with zero attached hydrogens (tertiary/aromatic N) is 1. The Morgan fingerprint density at radius 3 is 2.65 bits per heavy atom. The number of ether oxygens (including phenoxy) is 1. The van der Waals surface area contributed by atoms with Crippen molar-refractivity contribution in [3.8, 4) is 11.3 Å². The van der Waals surface area contributed by atoms with Crippen molar-refractivity contribution >= 4 is 11.9 Å². The van der Waals surface area contributed by atoms with Crippen LogP contribution < -0.4 is 0 Å². The Bertz CT molecular complexity index is 810. The summed E-state index contributed by atoms with van der Waals surface area (Å²) in [5.41, 5.74) is 2.10. The second-order valence-corrected chi connectivity index (χ2v) is 6.93. The summed E-state index contributed by atoms with van der Waals surface area (Å²) < 4.78 is 11.1. The average Bonchev–Trinajstić information content (AvgIpc) is 3.10. The number of aliphatic carboxylic acids is 1. The first-order valence-corrected chi connectivity index (χ1v) is 8.73. The van der Waals surface area contributed by atoms with Gasteiger partial charge < -0.3 is 19.2 Å². The number of benzene rings is 1. The number of hydrogen-bond acceptors (Lipinski definition) is 4. The standard InChI is InChI=1S/C20H23NO5/c1-12(2)14-5-4-6-15(9-14)16-7-8-17(26-16)19(22)21-10-13(3)25-18(11-21)20(23)24/h4-9,12-13,18H,10-11H2,1-3H3,(H,23,24)/t13-,18?/m1/s1. The maximum atomic E-state index is 12.7. The van der Waals surface area contributed by atoms with Gasteiger partial charge in [-0.15, -0.1) is 0 Å². The topological polar surface area (TPSA) is 80.0 Å². The van der Waals surface area contributed by atoms with Crippen molar-refractivity contribution in [2.45, 2.75) is 38.9 Å². The minimum absolute atomic E-state index is 0.0113. The lowest BCUT2D eigenvalue weighted by atomic mass is 10.0. The number of carboxylic acids is 1. The van der Waals surface area contributed by atoms with Gasteiger partial charge in [0.15, 0.2) is 11.9 Å². The number of amides is 1. The lowest BCUT2D eigenvalue weighted by molar-refractivity contribution is -0.160. The summed E-state index contributed by atoms with van der Waals surface area (Å²) in [6, 6.07) is 11.4. The van der Waals surface area contributed by atoms with Crippen molar-refractivity contribution in [1.29, 1.82) is 0 Å². The zero-order chi connectivity index (χ0) is 18.8. The Kier molecular flexibility index (Phi) is 5.13. The second-order valence-electron chi connectivity index (χ2n) is 6.93. The van der Waals surface area contributed by atoms with Crippen LogP contribution in [0.25, 0.3) is 11.3 Å². The molecule has 138 valence electrons. The summed E-state index contributed by atoms with van der Waals surface area (Å²) in [6.45, 7) is 6.34. The molecule has 0 saturated carbocycles. The molecule has 1 aliphatic rings. The van der Waals surface area contributed by atoms with Gasteiger partial charge in [0, 0.05) is 12.1 Å². The number of carbonyl (C=O) groups excluding carboxylic acids is 1. The Balaban J connectivity index is 1.80. The summed E-state index contributed by atoms with van der Waals surface area (Å²) >= 11 is 0. The molecular weight excluding hydrogens is 334 g/mol. The highest BCUT2D eigenvalue weighted by atomic mass is 16.5. The van der Waals surface area contributed by atoms with Crippen molar-refractivity contribution in [3.05, 3.63) is 47.7 Å². The van der Waals surface area contributed by atoms with Crippen molar-refractivity contribution in [2.75, 3.05) is 13.1 Å². The third-order valence-electron chi connectivity index (χ3n) is 4.48. The number of furan rings is 1. The fraction of sp³-hybridized carbons (Fsp3) is 0.400. The van der Waals surface area contributed by atoms with Gasteiger partial charge in [0.25, 0.3) is 5.91 Å². The van der Waals surface area contributed by atoms with E-state index in [-0.39, 0.29) is 24.3 Å². The summed E-state index contributed by atoms with van der Waals surface area (Å²) in [7, 11) is 0. The molecule has 1 aromatic carbocycles. The zero-order valence-corrected chi connectivity index (χ0v) is 15.1. The lowest BCUT2D eigenvalue weighted by Gasteiger charge is -2.34. The van der Waals surface area contributed by atoms with Gasteiger partial charge in [0.05, 0.1) is 12.6 Å². The van der Waals surface area contributed by atoms with Crippen molar-refractivity contribution in [2.24, 2.45) is 0 Å². The van der Waals surface area contributed by atoms with Gasteiger partial charge in [-0.1, -0.05) is 32.0 Å². The Labute approximate surface area is 152 Å². The van der Waals surface area contributed by atoms with Crippen LogP contribution >= 0.6 is 0 Å².